The molecule has 0 saturated heterocycles. The van der Waals surface area contributed by atoms with Crippen molar-refractivity contribution in [2.45, 2.75) is 6.42 Å². The fraction of sp³-hybridized carbons (Fsp3) is 0.147. The maximum Gasteiger partial charge on any atom is 0.200 e. The molecule has 0 aliphatic heterocycles. The Labute approximate surface area is 242 Å². The first-order valence-corrected chi connectivity index (χ1v) is 12.8. The second-order valence-corrected chi connectivity index (χ2v) is 9.45. The lowest BCUT2D eigenvalue weighted by Gasteiger charge is -2.13. The normalized spacial score (nSPS) is 11.2. The third-order valence-electron chi connectivity index (χ3n) is 6.47. The minimum absolute atomic E-state index is 0. The lowest BCUT2D eigenvalue weighted by molar-refractivity contribution is 0.103. The molecule has 4 aromatic rings. The Balaban J connectivity index is 0.000000218. The highest BCUT2D eigenvalue weighted by Crippen LogP contribution is 2.34. The number of hydrogen-bond acceptors (Lipinski definition) is 5. The Kier molecular flexibility index (Phi) is 10.7. The van der Waals surface area contributed by atoms with Gasteiger partial charge >= 0.3 is 0 Å². The van der Waals surface area contributed by atoms with Crippen LogP contribution in [0.15, 0.2) is 97.1 Å². The molecule has 1 aliphatic rings. The van der Waals surface area contributed by atoms with Gasteiger partial charge in [-0.1, -0.05) is 78.9 Å². The molecule has 5 nitrogen and oxygen atoms in total. The van der Waals surface area contributed by atoms with Gasteiger partial charge in [0.1, 0.15) is 17.2 Å². The minimum Gasteiger partial charge on any atom is -0.507 e. The molecule has 0 bridgehead atoms. The zero-order valence-electron chi connectivity index (χ0n) is 22.9. The lowest BCUT2D eigenvalue weighted by atomic mass is 9.93. The van der Waals surface area contributed by atoms with E-state index in [2.05, 4.69) is 85.8 Å². The van der Waals surface area contributed by atoms with Crippen LogP contribution in [0.2, 0.25) is 0 Å². The van der Waals surface area contributed by atoms with E-state index >= 15 is 0 Å². The highest BCUT2D eigenvalue weighted by molar-refractivity contribution is 6.12. The van der Waals surface area contributed by atoms with Crippen molar-refractivity contribution in [2.75, 3.05) is 27.7 Å². The first-order valence-electron chi connectivity index (χ1n) is 12.8. The van der Waals surface area contributed by atoms with Crippen LogP contribution in [0.25, 0.3) is 17.7 Å². The van der Waals surface area contributed by atoms with Gasteiger partial charge in [-0.15, -0.1) is 12.4 Å². The Morgan fingerprint density at radius 2 is 1.32 bits per heavy atom. The third kappa shape index (κ3) is 7.20. The van der Waals surface area contributed by atoms with Crippen LogP contribution < -0.4 is 4.74 Å². The van der Waals surface area contributed by atoms with Crippen molar-refractivity contribution in [1.82, 2.24) is 4.90 Å². The number of methoxy groups -OCH3 is 1. The molecule has 2 N–H and O–H groups in total. The Morgan fingerprint density at radius 1 is 0.775 bits per heavy atom. The number of ketones is 1. The summed E-state index contributed by atoms with van der Waals surface area (Å²) in [6, 6.07) is 27.9. The van der Waals surface area contributed by atoms with E-state index in [1.807, 2.05) is 0 Å². The summed E-state index contributed by atoms with van der Waals surface area (Å²) in [6.07, 6.45) is 7.89. The zero-order chi connectivity index (χ0) is 27.8. The van der Waals surface area contributed by atoms with Gasteiger partial charge in [0.25, 0.3) is 0 Å². The fourth-order valence-electron chi connectivity index (χ4n) is 4.43. The second-order valence-electron chi connectivity index (χ2n) is 9.45. The molecule has 0 heterocycles. The fourth-order valence-corrected chi connectivity index (χ4v) is 4.43. The van der Waals surface area contributed by atoms with Crippen molar-refractivity contribution < 1.29 is 19.7 Å². The van der Waals surface area contributed by atoms with Gasteiger partial charge in [-0.05, 0) is 72.6 Å². The quantitative estimate of drug-likeness (QED) is 0.215. The first-order chi connectivity index (χ1) is 18.9. The average Bonchev–Trinajstić information content (AvgIpc) is 3.10. The van der Waals surface area contributed by atoms with E-state index in [0.717, 1.165) is 13.0 Å². The zero-order valence-corrected chi connectivity index (χ0v) is 23.7. The molecule has 4 aromatic carbocycles. The van der Waals surface area contributed by atoms with Gasteiger partial charge in [-0.3, -0.25) is 4.79 Å². The number of nitrogens with zero attached hydrogens (tertiary/aromatic N) is 1. The number of carbonyl (C=O) groups is 1. The molecule has 0 atom stereocenters. The molecule has 1 aliphatic carbocycles. The smallest absolute Gasteiger partial charge is 0.200 e. The van der Waals surface area contributed by atoms with E-state index in [9.17, 15) is 15.0 Å². The van der Waals surface area contributed by atoms with Crippen molar-refractivity contribution in [3.05, 3.63) is 130 Å². The number of para-hydroxylation sites is 1. The molecule has 0 saturated carbocycles. The number of fused-ring (bicyclic) bond motifs is 2. The molecule has 40 heavy (non-hydrogen) atoms. The maximum absolute atomic E-state index is 12.1. The number of ether oxygens (including phenoxy) is 1. The molecule has 0 fully saturated rings. The van der Waals surface area contributed by atoms with Gasteiger partial charge in [-0.25, -0.2) is 0 Å². The SMILES string of the molecule is CN(C)CCC=C1c2ccccc2C=Cc2ccccc21.COc1ccc(C(=O)c2ccccc2O)c(O)c1.Cl. The van der Waals surface area contributed by atoms with Gasteiger partial charge in [0.15, 0.2) is 5.78 Å². The molecule has 0 aromatic heterocycles. The number of benzene rings is 4. The molecule has 6 heteroatoms. The van der Waals surface area contributed by atoms with Gasteiger partial charge in [0.05, 0.1) is 18.2 Å². The van der Waals surface area contributed by atoms with Crippen molar-refractivity contribution in [2.24, 2.45) is 0 Å². The van der Waals surface area contributed by atoms with Crippen LogP contribution in [0, 0.1) is 0 Å². The summed E-state index contributed by atoms with van der Waals surface area (Å²) in [5.74, 6) is -0.269. The van der Waals surface area contributed by atoms with Crippen molar-refractivity contribution in [3.8, 4) is 17.2 Å². The lowest BCUT2D eigenvalue weighted by Crippen LogP contribution is -2.12. The molecule has 206 valence electrons. The first kappa shape index (κ1) is 30.2. The monoisotopic (exact) mass is 555 g/mol. The van der Waals surface area contributed by atoms with Gasteiger partial charge in [0, 0.05) is 12.6 Å². The van der Waals surface area contributed by atoms with Crippen LogP contribution in [0.5, 0.6) is 17.2 Å². The summed E-state index contributed by atoms with van der Waals surface area (Å²) >= 11 is 0. The van der Waals surface area contributed by atoms with Crippen molar-refractivity contribution in [1.29, 1.82) is 0 Å². The van der Waals surface area contributed by atoms with Gasteiger partial charge < -0.3 is 19.8 Å². The summed E-state index contributed by atoms with van der Waals surface area (Å²) in [4.78, 5) is 14.4. The number of aromatic hydroxyl groups is 2. The summed E-state index contributed by atoms with van der Waals surface area (Å²) in [5, 5.41) is 19.4. The molecule has 0 unspecified atom stereocenters. The van der Waals surface area contributed by atoms with Gasteiger partial charge in [0.2, 0.25) is 0 Å². The number of rotatable bonds is 6. The van der Waals surface area contributed by atoms with Crippen LogP contribution in [0.1, 0.15) is 44.6 Å². The number of halogens is 1. The van der Waals surface area contributed by atoms with E-state index in [1.54, 1.807) is 18.2 Å². The van der Waals surface area contributed by atoms with Crippen LogP contribution in [0.3, 0.4) is 0 Å². The van der Waals surface area contributed by atoms with Crippen LogP contribution in [-0.2, 0) is 0 Å². The predicted molar refractivity (Wildman–Crippen MR) is 166 cm³/mol. The standard InChI is InChI=1S/C20H21N.C14H12O4.ClH/c1-21(2)15-7-12-20-18-10-5-3-8-16(18)13-14-17-9-4-6-11-19(17)20;1-18-9-6-7-11(13(16)8-9)14(17)10-4-2-3-5-12(10)15;/h3-6,8-14H,7,15H2,1-2H3;2-8,15-16H,1H3;1H. The molecule has 5 rings (SSSR count). The van der Waals surface area contributed by atoms with Crippen molar-refractivity contribution >= 4 is 35.9 Å². The molecule has 0 radical (unpaired) electrons. The van der Waals surface area contributed by atoms with Crippen LogP contribution in [0.4, 0.5) is 0 Å². The van der Waals surface area contributed by atoms with Crippen LogP contribution >= 0.6 is 12.4 Å². The van der Waals surface area contributed by atoms with E-state index in [1.165, 1.54) is 59.2 Å². The number of hydrogen-bond donors (Lipinski definition) is 2. The van der Waals surface area contributed by atoms with Crippen molar-refractivity contribution in [3.63, 3.8) is 0 Å². The Bertz CT molecular complexity index is 1470. The maximum atomic E-state index is 12.1. The molecular formula is C34H34ClNO4. The summed E-state index contributed by atoms with van der Waals surface area (Å²) < 4.78 is 4.94. The molecule has 0 amide bonds. The van der Waals surface area contributed by atoms with E-state index in [-0.39, 0.29) is 35.0 Å². The van der Waals surface area contributed by atoms with Gasteiger partial charge in [-0.2, -0.15) is 0 Å². The highest BCUT2D eigenvalue weighted by Gasteiger charge is 2.17. The number of phenols is 2. The van der Waals surface area contributed by atoms with E-state index in [0.29, 0.717) is 5.75 Å². The van der Waals surface area contributed by atoms with Crippen LogP contribution in [-0.4, -0.2) is 48.6 Å². The Morgan fingerprint density at radius 3 is 1.88 bits per heavy atom. The summed E-state index contributed by atoms with van der Waals surface area (Å²) in [6.45, 7) is 1.07. The van der Waals surface area contributed by atoms with E-state index < -0.39 is 5.78 Å². The molecule has 0 spiro atoms. The number of carbonyl (C=O) groups excluding carboxylic acids is 1. The number of phenolic OH excluding ortho intramolecular Hbond substituents is 2. The van der Waals surface area contributed by atoms with E-state index in [4.69, 9.17) is 4.74 Å². The second kappa shape index (κ2) is 14.2. The average molecular weight is 556 g/mol. The Hall–Kier alpha value is -4.32. The topological polar surface area (TPSA) is 70.0 Å². The minimum atomic E-state index is -0.437. The highest BCUT2D eigenvalue weighted by atomic mass is 35.5. The molecular weight excluding hydrogens is 522 g/mol. The summed E-state index contributed by atoms with van der Waals surface area (Å²) in [5.41, 5.74) is 6.88. The summed E-state index contributed by atoms with van der Waals surface area (Å²) in [7, 11) is 5.71. The largest absolute Gasteiger partial charge is 0.507 e. The third-order valence-corrected chi connectivity index (χ3v) is 6.47. The predicted octanol–water partition coefficient (Wildman–Crippen LogP) is 7.31.